The first-order chi connectivity index (χ1) is 25.5. The van der Waals surface area contributed by atoms with Gasteiger partial charge in [-0.3, -0.25) is 0 Å². The van der Waals surface area contributed by atoms with Crippen molar-refractivity contribution in [1.29, 1.82) is 0 Å². The lowest BCUT2D eigenvalue weighted by molar-refractivity contribution is 0.316. The SMILES string of the molecule is CC1(C)C2=C(CCC=C2)c2ccc3c4ccccc4n(-c4cccc(C5NC(c6ccccc6)[N-]C(c6ccc(C7=CC=CCC7)cc6)N5)c4)c3c21. The molecule has 52 heavy (non-hydrogen) atoms. The first-order valence-electron chi connectivity index (χ1n) is 18.9. The molecule has 1 aromatic heterocycles. The molecule has 2 heterocycles. The number of nitrogens with zero attached hydrogens (tertiary/aromatic N) is 2. The Bertz CT molecular complexity index is 2470. The Labute approximate surface area is 306 Å². The predicted molar refractivity (Wildman–Crippen MR) is 216 cm³/mol. The van der Waals surface area contributed by atoms with Gasteiger partial charge in [0, 0.05) is 21.9 Å². The Balaban J connectivity index is 1.08. The molecule has 4 nitrogen and oxygen atoms in total. The fourth-order valence-corrected chi connectivity index (χ4v) is 9.23. The minimum Gasteiger partial charge on any atom is -0.624 e. The van der Waals surface area contributed by atoms with Crippen molar-refractivity contribution in [2.75, 3.05) is 0 Å². The van der Waals surface area contributed by atoms with Gasteiger partial charge in [0.1, 0.15) is 0 Å². The number of rotatable bonds is 5. The molecule has 1 fully saturated rings. The van der Waals surface area contributed by atoms with Gasteiger partial charge in [0.2, 0.25) is 0 Å². The number of hydrogen-bond acceptors (Lipinski definition) is 2. The van der Waals surface area contributed by atoms with Crippen LogP contribution < -0.4 is 10.6 Å². The molecule has 0 amide bonds. The van der Waals surface area contributed by atoms with Gasteiger partial charge in [-0.25, -0.2) is 0 Å². The summed E-state index contributed by atoms with van der Waals surface area (Å²) in [7, 11) is 0. The molecular weight excluding hydrogens is 633 g/mol. The summed E-state index contributed by atoms with van der Waals surface area (Å²) in [6.45, 7) is 4.83. The summed E-state index contributed by atoms with van der Waals surface area (Å²) >= 11 is 0. The van der Waals surface area contributed by atoms with E-state index in [4.69, 9.17) is 5.32 Å². The molecule has 3 unspecified atom stereocenters. The largest absolute Gasteiger partial charge is 0.624 e. The zero-order valence-electron chi connectivity index (χ0n) is 29.8. The van der Waals surface area contributed by atoms with E-state index in [9.17, 15) is 0 Å². The van der Waals surface area contributed by atoms with Gasteiger partial charge < -0.3 is 20.5 Å². The highest BCUT2D eigenvalue weighted by Gasteiger charge is 2.40. The number of nitrogens with one attached hydrogen (secondary N) is 2. The van der Waals surface area contributed by atoms with Crippen molar-refractivity contribution in [2.24, 2.45) is 0 Å². The van der Waals surface area contributed by atoms with Gasteiger partial charge in [0.25, 0.3) is 0 Å². The molecule has 3 atom stereocenters. The van der Waals surface area contributed by atoms with E-state index >= 15 is 0 Å². The van der Waals surface area contributed by atoms with E-state index in [-0.39, 0.29) is 23.9 Å². The molecule has 0 radical (unpaired) electrons. The number of hydrogen-bond donors (Lipinski definition) is 2. The number of para-hydroxylation sites is 1. The van der Waals surface area contributed by atoms with Crippen LogP contribution in [0.2, 0.25) is 0 Å². The van der Waals surface area contributed by atoms with E-state index < -0.39 is 0 Å². The van der Waals surface area contributed by atoms with Crippen LogP contribution in [0.3, 0.4) is 0 Å². The number of fused-ring (bicyclic) bond motifs is 6. The molecule has 256 valence electrons. The summed E-state index contributed by atoms with van der Waals surface area (Å²) in [5, 5.41) is 15.7. The molecule has 6 aromatic rings. The van der Waals surface area contributed by atoms with E-state index in [1.54, 1.807) is 0 Å². The van der Waals surface area contributed by atoms with Crippen molar-refractivity contribution in [2.45, 2.75) is 63.4 Å². The van der Waals surface area contributed by atoms with Crippen molar-refractivity contribution in [1.82, 2.24) is 15.2 Å². The monoisotopic (exact) mass is 675 g/mol. The molecule has 5 aromatic carbocycles. The summed E-state index contributed by atoms with van der Waals surface area (Å²) < 4.78 is 2.53. The zero-order chi connectivity index (χ0) is 34.8. The Morgan fingerprint density at radius 3 is 2.25 bits per heavy atom. The number of benzene rings is 5. The highest BCUT2D eigenvalue weighted by molar-refractivity contribution is 6.12. The van der Waals surface area contributed by atoms with Crippen LogP contribution in [0.25, 0.3) is 44.0 Å². The van der Waals surface area contributed by atoms with Gasteiger partial charge >= 0.3 is 0 Å². The normalized spacial score (nSPS) is 22.1. The molecule has 0 spiro atoms. The summed E-state index contributed by atoms with van der Waals surface area (Å²) in [5.74, 6) is 0. The van der Waals surface area contributed by atoms with E-state index in [2.05, 4.69) is 175 Å². The Morgan fingerprint density at radius 2 is 1.44 bits per heavy atom. The first kappa shape index (κ1) is 31.5. The molecule has 1 saturated heterocycles. The van der Waals surface area contributed by atoms with Gasteiger partial charge in [-0.2, -0.15) is 0 Å². The Kier molecular flexibility index (Phi) is 7.54. The Morgan fingerprint density at radius 1 is 0.692 bits per heavy atom. The van der Waals surface area contributed by atoms with Gasteiger partial charge in [-0.15, -0.1) is 0 Å². The van der Waals surface area contributed by atoms with E-state index in [0.717, 1.165) is 31.2 Å². The molecule has 0 bridgehead atoms. The maximum Gasteiger partial charge on any atom is 0.0815 e. The molecule has 1 aliphatic heterocycles. The van der Waals surface area contributed by atoms with Crippen molar-refractivity contribution in [3.63, 3.8) is 0 Å². The van der Waals surface area contributed by atoms with Gasteiger partial charge in [-0.05, 0) is 82.9 Å². The number of aromatic nitrogens is 1. The second-order valence-electron chi connectivity index (χ2n) is 15.2. The smallest absolute Gasteiger partial charge is 0.0815 e. The van der Waals surface area contributed by atoms with Crippen LogP contribution in [0, 0.1) is 0 Å². The molecule has 0 saturated carbocycles. The first-order valence-corrected chi connectivity index (χ1v) is 18.9. The molecule has 2 N–H and O–H groups in total. The van der Waals surface area contributed by atoms with Crippen molar-refractivity contribution in [3.05, 3.63) is 190 Å². The van der Waals surface area contributed by atoms with Crippen LogP contribution in [0.5, 0.6) is 0 Å². The third kappa shape index (κ3) is 5.09. The second-order valence-corrected chi connectivity index (χ2v) is 15.2. The van der Waals surface area contributed by atoms with Crippen LogP contribution in [0.4, 0.5) is 0 Å². The fourth-order valence-electron chi connectivity index (χ4n) is 9.23. The fraction of sp³-hybridized carbons (Fsp3) is 0.208. The maximum atomic E-state index is 5.32. The molecule has 10 rings (SSSR count). The lowest BCUT2D eigenvalue weighted by Gasteiger charge is -2.50. The van der Waals surface area contributed by atoms with Crippen LogP contribution in [0.15, 0.2) is 151 Å². The predicted octanol–water partition coefficient (Wildman–Crippen LogP) is 11.9. The molecule has 3 aliphatic carbocycles. The minimum atomic E-state index is -0.169. The molecule has 4 aliphatic rings. The van der Waals surface area contributed by atoms with Crippen LogP contribution in [-0.4, -0.2) is 4.57 Å². The lowest BCUT2D eigenvalue weighted by atomic mass is 9.79. The van der Waals surface area contributed by atoms with Gasteiger partial charge in [0.15, 0.2) is 0 Å². The summed E-state index contributed by atoms with van der Waals surface area (Å²) in [6.07, 6.45) is 15.4. The highest BCUT2D eigenvalue weighted by Crippen LogP contribution is 2.53. The summed E-state index contributed by atoms with van der Waals surface area (Å²) in [5.41, 5.74) is 15.7. The molecular formula is C48H43N4-. The quantitative estimate of drug-likeness (QED) is 0.191. The highest BCUT2D eigenvalue weighted by atomic mass is 15.4. The Hall–Kier alpha value is -5.26. The van der Waals surface area contributed by atoms with Crippen molar-refractivity contribution in [3.8, 4) is 5.69 Å². The van der Waals surface area contributed by atoms with Gasteiger partial charge in [0.05, 0.1) is 17.2 Å². The minimum absolute atomic E-state index is 0.0886. The maximum absolute atomic E-state index is 5.32. The zero-order valence-corrected chi connectivity index (χ0v) is 29.8. The standard InChI is InChI=1S/C48H43N4/c1-48(2)41-22-11-9-20-37(41)39-28-29-40-38-21-10-12-23-42(38)52(44(40)43(39)48)36-19-13-18-35(30-36)47-50-45(33-16-7-4-8-17-33)49-46(51-47)34-26-24-32(25-27-34)31-14-5-3-6-15-31/h3-5,7-8,10-14,16-19,21-30,45-47,50-51H,6,9,15,20H2,1-2H3/q-1. The third-order valence-corrected chi connectivity index (χ3v) is 11.8. The average molecular weight is 676 g/mol. The average Bonchev–Trinajstić information content (AvgIpc) is 3.67. The van der Waals surface area contributed by atoms with Gasteiger partial charge in [-0.1, -0.05) is 165 Å². The topological polar surface area (TPSA) is 43.1 Å². The molecule has 4 heteroatoms. The summed E-state index contributed by atoms with van der Waals surface area (Å²) in [6, 6.07) is 42.4. The van der Waals surface area contributed by atoms with E-state index in [1.165, 1.54) is 72.0 Å². The van der Waals surface area contributed by atoms with Crippen molar-refractivity contribution >= 4 is 33.0 Å². The third-order valence-electron chi connectivity index (χ3n) is 11.8. The van der Waals surface area contributed by atoms with Crippen LogP contribution >= 0.6 is 0 Å². The second kappa shape index (κ2) is 12.5. The number of allylic oxidation sites excluding steroid dienone is 8. The van der Waals surface area contributed by atoms with Crippen LogP contribution in [0.1, 0.15) is 91.4 Å². The van der Waals surface area contributed by atoms with E-state index in [0.29, 0.717) is 0 Å². The lowest BCUT2D eigenvalue weighted by Crippen LogP contribution is -2.44. The van der Waals surface area contributed by atoms with Crippen molar-refractivity contribution < 1.29 is 0 Å². The summed E-state index contributed by atoms with van der Waals surface area (Å²) in [4.78, 5) is 0. The van der Waals surface area contributed by atoms with Crippen LogP contribution in [-0.2, 0) is 5.41 Å². The van der Waals surface area contributed by atoms with E-state index in [1.807, 2.05) is 0 Å².